The van der Waals surface area contributed by atoms with E-state index in [2.05, 4.69) is 22.0 Å². The van der Waals surface area contributed by atoms with Gasteiger partial charge in [-0.2, -0.15) is 5.26 Å². The molecular formula is C15H9BrFN. The Kier molecular flexibility index (Phi) is 3.91. The van der Waals surface area contributed by atoms with Gasteiger partial charge in [0.15, 0.2) is 0 Å². The van der Waals surface area contributed by atoms with Gasteiger partial charge in [-0.3, -0.25) is 0 Å². The van der Waals surface area contributed by atoms with E-state index in [-0.39, 0.29) is 5.82 Å². The van der Waals surface area contributed by atoms with Crippen molar-refractivity contribution in [3.63, 3.8) is 0 Å². The first kappa shape index (κ1) is 12.5. The van der Waals surface area contributed by atoms with E-state index >= 15 is 0 Å². The summed E-state index contributed by atoms with van der Waals surface area (Å²) in [7, 11) is 0. The molecule has 0 heterocycles. The van der Waals surface area contributed by atoms with Crippen LogP contribution >= 0.6 is 15.9 Å². The van der Waals surface area contributed by atoms with E-state index in [4.69, 9.17) is 5.26 Å². The Labute approximate surface area is 113 Å². The molecule has 0 bridgehead atoms. The van der Waals surface area contributed by atoms with Gasteiger partial charge in [-0.25, -0.2) is 4.39 Å². The maximum atomic E-state index is 12.8. The van der Waals surface area contributed by atoms with Crippen molar-refractivity contribution in [1.82, 2.24) is 0 Å². The third-order valence-electron chi connectivity index (χ3n) is 2.44. The van der Waals surface area contributed by atoms with Crippen LogP contribution in [-0.2, 0) is 0 Å². The second kappa shape index (κ2) is 5.61. The minimum absolute atomic E-state index is 0.307. The van der Waals surface area contributed by atoms with Gasteiger partial charge in [-0.15, -0.1) is 0 Å². The molecule has 0 unspecified atom stereocenters. The number of halogens is 2. The van der Waals surface area contributed by atoms with Gasteiger partial charge in [0.2, 0.25) is 0 Å². The van der Waals surface area contributed by atoms with Crippen molar-refractivity contribution < 1.29 is 4.39 Å². The average Bonchev–Trinajstić information content (AvgIpc) is 2.37. The van der Waals surface area contributed by atoms with E-state index in [0.29, 0.717) is 11.1 Å². The number of benzene rings is 2. The van der Waals surface area contributed by atoms with E-state index < -0.39 is 0 Å². The first-order valence-corrected chi connectivity index (χ1v) is 6.11. The largest absolute Gasteiger partial charge is 0.207 e. The molecule has 0 atom stereocenters. The van der Waals surface area contributed by atoms with Crippen LogP contribution in [0.4, 0.5) is 4.39 Å². The molecule has 2 rings (SSSR count). The van der Waals surface area contributed by atoms with Crippen molar-refractivity contribution in [1.29, 1.82) is 5.26 Å². The monoisotopic (exact) mass is 301 g/mol. The molecular weight excluding hydrogens is 293 g/mol. The summed E-state index contributed by atoms with van der Waals surface area (Å²) < 4.78 is 13.8. The molecule has 2 aromatic carbocycles. The highest BCUT2D eigenvalue weighted by atomic mass is 79.9. The van der Waals surface area contributed by atoms with Crippen LogP contribution in [0.2, 0.25) is 0 Å². The fraction of sp³-hybridized carbons (Fsp3) is 0. The lowest BCUT2D eigenvalue weighted by molar-refractivity contribution is 0.627. The Morgan fingerprint density at radius 2 is 1.89 bits per heavy atom. The van der Waals surface area contributed by atoms with Gasteiger partial charge in [0, 0.05) is 4.47 Å². The number of nitriles is 1. The van der Waals surface area contributed by atoms with Gasteiger partial charge in [0.25, 0.3) is 0 Å². The molecule has 0 aliphatic heterocycles. The average molecular weight is 302 g/mol. The van der Waals surface area contributed by atoms with E-state index in [1.165, 1.54) is 12.1 Å². The van der Waals surface area contributed by atoms with Gasteiger partial charge in [0.05, 0.1) is 11.6 Å². The molecule has 0 N–H and O–H groups in total. The van der Waals surface area contributed by atoms with Crippen LogP contribution in [0.3, 0.4) is 0 Å². The Bertz CT molecular complexity index is 624. The zero-order valence-corrected chi connectivity index (χ0v) is 11.0. The fourth-order valence-electron chi connectivity index (χ4n) is 1.57. The first-order valence-electron chi connectivity index (χ1n) is 5.32. The second-order valence-corrected chi connectivity index (χ2v) is 4.65. The Hall–Kier alpha value is -1.92. The quantitative estimate of drug-likeness (QED) is 0.585. The summed E-state index contributed by atoms with van der Waals surface area (Å²) in [4.78, 5) is 0. The molecule has 0 spiro atoms. The number of rotatable bonds is 2. The zero-order valence-electron chi connectivity index (χ0n) is 9.40. The lowest BCUT2D eigenvalue weighted by Crippen LogP contribution is -1.83. The van der Waals surface area contributed by atoms with E-state index in [1.807, 2.05) is 24.3 Å². The van der Waals surface area contributed by atoms with Crippen molar-refractivity contribution in [3.8, 4) is 6.07 Å². The Morgan fingerprint density at radius 1 is 1.17 bits per heavy atom. The van der Waals surface area contributed by atoms with Crippen molar-refractivity contribution in [2.75, 3.05) is 0 Å². The fourth-order valence-corrected chi connectivity index (χ4v) is 1.99. The Balaban J connectivity index is 2.40. The van der Waals surface area contributed by atoms with Gasteiger partial charge >= 0.3 is 0 Å². The number of hydrogen-bond donors (Lipinski definition) is 0. The van der Waals surface area contributed by atoms with Crippen molar-refractivity contribution in [2.24, 2.45) is 0 Å². The van der Waals surface area contributed by atoms with Crippen LogP contribution in [0.5, 0.6) is 0 Å². The first-order chi connectivity index (χ1) is 8.69. The summed E-state index contributed by atoms with van der Waals surface area (Å²) in [5.74, 6) is -0.307. The van der Waals surface area contributed by atoms with Crippen LogP contribution in [0.1, 0.15) is 11.1 Å². The molecule has 1 nitrogen and oxygen atoms in total. The summed E-state index contributed by atoms with van der Waals surface area (Å²) in [6, 6.07) is 15.7. The molecule has 0 saturated carbocycles. The van der Waals surface area contributed by atoms with Crippen molar-refractivity contribution in [2.45, 2.75) is 0 Å². The normalized spacial score (nSPS) is 11.1. The van der Waals surface area contributed by atoms with E-state index in [1.54, 1.807) is 18.2 Å². The van der Waals surface area contributed by atoms with Gasteiger partial charge < -0.3 is 0 Å². The van der Waals surface area contributed by atoms with Crippen LogP contribution in [0.25, 0.3) is 11.6 Å². The molecule has 0 aromatic heterocycles. The van der Waals surface area contributed by atoms with Gasteiger partial charge in [-0.1, -0.05) is 40.2 Å². The van der Waals surface area contributed by atoms with Crippen LogP contribution in [0, 0.1) is 17.1 Å². The minimum Gasteiger partial charge on any atom is -0.207 e. The molecule has 2 aromatic rings. The van der Waals surface area contributed by atoms with Crippen LogP contribution < -0.4 is 0 Å². The number of nitrogens with zero attached hydrogens (tertiary/aromatic N) is 1. The maximum Gasteiger partial charge on any atom is 0.123 e. The van der Waals surface area contributed by atoms with Gasteiger partial charge in [0.1, 0.15) is 5.82 Å². The third kappa shape index (κ3) is 3.06. The van der Waals surface area contributed by atoms with E-state index in [9.17, 15) is 4.39 Å². The molecule has 18 heavy (non-hydrogen) atoms. The molecule has 0 aliphatic carbocycles. The van der Waals surface area contributed by atoms with E-state index in [0.717, 1.165) is 10.0 Å². The summed E-state index contributed by atoms with van der Waals surface area (Å²) in [6.07, 6.45) is 1.78. The molecule has 0 saturated heterocycles. The standard InChI is InChI=1S/C15H9BrFN/c16-14-3-1-2-11(9-14)8-13(10-18)12-4-6-15(17)7-5-12/h1-9H. The summed E-state index contributed by atoms with van der Waals surface area (Å²) >= 11 is 3.38. The summed E-state index contributed by atoms with van der Waals surface area (Å²) in [6.45, 7) is 0. The topological polar surface area (TPSA) is 23.8 Å². The molecule has 0 radical (unpaired) electrons. The van der Waals surface area contributed by atoms with Crippen molar-refractivity contribution >= 4 is 27.6 Å². The van der Waals surface area contributed by atoms with Gasteiger partial charge in [-0.05, 0) is 41.5 Å². The molecule has 0 amide bonds. The van der Waals surface area contributed by atoms with Crippen LogP contribution in [-0.4, -0.2) is 0 Å². The molecule has 88 valence electrons. The predicted octanol–water partition coefficient (Wildman–Crippen LogP) is 4.65. The summed E-state index contributed by atoms with van der Waals surface area (Å²) in [5, 5.41) is 9.16. The number of hydrogen-bond acceptors (Lipinski definition) is 1. The highest BCUT2D eigenvalue weighted by molar-refractivity contribution is 9.10. The number of allylic oxidation sites excluding steroid dienone is 1. The predicted molar refractivity (Wildman–Crippen MR) is 74.0 cm³/mol. The second-order valence-electron chi connectivity index (χ2n) is 3.73. The molecule has 0 aliphatic rings. The lowest BCUT2D eigenvalue weighted by atomic mass is 10.0. The maximum absolute atomic E-state index is 12.8. The van der Waals surface area contributed by atoms with Crippen molar-refractivity contribution in [3.05, 3.63) is 69.9 Å². The molecule has 3 heteroatoms. The molecule has 0 fully saturated rings. The lowest BCUT2D eigenvalue weighted by Gasteiger charge is -2.00. The zero-order chi connectivity index (χ0) is 13.0. The SMILES string of the molecule is N#CC(=Cc1cccc(Br)c1)c1ccc(F)cc1. The highest BCUT2D eigenvalue weighted by Crippen LogP contribution is 2.20. The smallest absolute Gasteiger partial charge is 0.123 e. The third-order valence-corrected chi connectivity index (χ3v) is 2.93. The van der Waals surface area contributed by atoms with Crippen LogP contribution in [0.15, 0.2) is 53.0 Å². The summed E-state index contributed by atoms with van der Waals surface area (Å²) in [5.41, 5.74) is 2.14. The Morgan fingerprint density at radius 3 is 2.50 bits per heavy atom. The highest BCUT2D eigenvalue weighted by Gasteiger charge is 2.01. The minimum atomic E-state index is -0.307.